The first kappa shape index (κ1) is 49.9. The lowest BCUT2D eigenvalue weighted by Gasteiger charge is -2.21. The molecule has 1 N–H and O–H groups in total. The summed E-state index contributed by atoms with van der Waals surface area (Å²) in [6.45, 7) is 12.4. The molecule has 0 aromatic heterocycles. The van der Waals surface area contributed by atoms with Gasteiger partial charge >= 0.3 is 11.9 Å². The van der Waals surface area contributed by atoms with Gasteiger partial charge in [0.2, 0.25) is 0 Å². The van der Waals surface area contributed by atoms with Gasteiger partial charge in [0.1, 0.15) is 6.10 Å². The number of carbonyl (C=O) groups is 2. The van der Waals surface area contributed by atoms with E-state index >= 15 is 0 Å². The molecule has 0 bridgehead atoms. The Morgan fingerprint density at radius 1 is 0.510 bits per heavy atom. The van der Waals surface area contributed by atoms with Crippen LogP contribution in [0.15, 0.2) is 0 Å². The van der Waals surface area contributed by atoms with E-state index in [0.29, 0.717) is 13.0 Å². The molecule has 51 heavy (non-hydrogen) atoms. The van der Waals surface area contributed by atoms with Crippen LogP contribution in [-0.2, 0) is 19.1 Å². The molecule has 0 spiro atoms. The van der Waals surface area contributed by atoms with Crippen molar-refractivity contribution in [3.05, 3.63) is 0 Å². The Morgan fingerprint density at radius 2 is 0.922 bits per heavy atom. The molecule has 0 radical (unpaired) electrons. The summed E-state index contributed by atoms with van der Waals surface area (Å²) in [5.74, 6) is -0.0337. The molecule has 0 amide bonds. The van der Waals surface area contributed by atoms with Crippen molar-refractivity contribution in [2.45, 2.75) is 239 Å². The van der Waals surface area contributed by atoms with Gasteiger partial charge in [0, 0.05) is 13.0 Å². The number of aliphatic hydroxyl groups excluding tert-OH is 1. The van der Waals surface area contributed by atoms with Gasteiger partial charge in [0.25, 0.3) is 0 Å². The van der Waals surface area contributed by atoms with Gasteiger partial charge < -0.3 is 19.5 Å². The van der Waals surface area contributed by atoms with Crippen LogP contribution in [0.3, 0.4) is 0 Å². The Labute approximate surface area is 318 Å². The molecule has 0 fully saturated rings. The Hall–Kier alpha value is -1.14. The Balaban J connectivity index is 4.06. The minimum Gasteiger partial charge on any atom is -0.466 e. The van der Waals surface area contributed by atoms with Crippen molar-refractivity contribution in [3.63, 3.8) is 0 Å². The maximum atomic E-state index is 13.0. The third-order valence-electron chi connectivity index (χ3n) is 10.6. The van der Waals surface area contributed by atoms with Crippen LogP contribution in [0, 0.1) is 5.92 Å². The molecule has 304 valence electrons. The van der Waals surface area contributed by atoms with Crippen molar-refractivity contribution in [1.29, 1.82) is 0 Å². The van der Waals surface area contributed by atoms with Gasteiger partial charge in [-0.1, -0.05) is 169 Å². The van der Waals surface area contributed by atoms with Crippen molar-refractivity contribution in [2.24, 2.45) is 5.92 Å². The first-order chi connectivity index (χ1) is 25.0. The second-order valence-electron chi connectivity index (χ2n) is 15.7. The largest absolute Gasteiger partial charge is 0.466 e. The number of unbranched alkanes of at least 4 members (excludes halogenated alkanes) is 23. The van der Waals surface area contributed by atoms with E-state index in [4.69, 9.17) is 9.47 Å². The maximum Gasteiger partial charge on any atom is 0.308 e. The predicted octanol–water partition coefficient (Wildman–Crippen LogP) is 12.9. The van der Waals surface area contributed by atoms with Gasteiger partial charge in [-0.2, -0.15) is 0 Å². The third-order valence-corrected chi connectivity index (χ3v) is 10.6. The number of carbonyl (C=O) groups excluding carboxylic acids is 2. The zero-order valence-corrected chi connectivity index (χ0v) is 34.8. The van der Waals surface area contributed by atoms with E-state index in [1.807, 2.05) is 0 Å². The number of ether oxygens (including phenoxy) is 2. The molecular formula is C45H89NO5. The normalized spacial score (nSPS) is 12.2. The highest BCUT2D eigenvalue weighted by molar-refractivity contribution is 5.72. The average Bonchev–Trinajstić information content (AvgIpc) is 3.12. The number of hydrogen-bond acceptors (Lipinski definition) is 6. The first-order valence-electron chi connectivity index (χ1n) is 22.7. The van der Waals surface area contributed by atoms with E-state index in [2.05, 4.69) is 32.6 Å². The molecule has 6 heteroatoms. The Bertz CT molecular complexity index is 715. The van der Waals surface area contributed by atoms with Gasteiger partial charge in [-0.15, -0.1) is 0 Å². The number of hydrogen-bond donors (Lipinski definition) is 1. The van der Waals surface area contributed by atoms with E-state index in [0.717, 1.165) is 96.7 Å². The molecule has 0 aliphatic heterocycles. The van der Waals surface area contributed by atoms with E-state index < -0.39 is 0 Å². The number of nitrogens with zero attached hydrogens (tertiary/aromatic N) is 1. The lowest BCUT2D eigenvalue weighted by Crippen LogP contribution is -2.29. The van der Waals surface area contributed by atoms with E-state index in [1.165, 1.54) is 122 Å². The molecule has 6 nitrogen and oxygen atoms in total. The second-order valence-corrected chi connectivity index (χ2v) is 15.7. The van der Waals surface area contributed by atoms with Crippen molar-refractivity contribution in [1.82, 2.24) is 4.90 Å². The highest BCUT2D eigenvalue weighted by Gasteiger charge is 2.19. The van der Waals surface area contributed by atoms with Crippen molar-refractivity contribution in [2.75, 3.05) is 32.8 Å². The summed E-state index contributed by atoms with van der Waals surface area (Å²) in [4.78, 5) is 27.4. The molecule has 0 aromatic carbocycles. The fraction of sp³-hybridized carbons (Fsp3) is 0.956. The van der Waals surface area contributed by atoms with Crippen molar-refractivity contribution in [3.8, 4) is 0 Å². The summed E-state index contributed by atoms with van der Waals surface area (Å²) in [5.41, 5.74) is 0. The van der Waals surface area contributed by atoms with Crippen LogP contribution in [-0.4, -0.2) is 60.9 Å². The molecule has 1 atom stereocenters. The molecule has 1 unspecified atom stereocenters. The molecule has 0 rings (SSSR count). The van der Waals surface area contributed by atoms with Gasteiger partial charge in [-0.25, -0.2) is 0 Å². The summed E-state index contributed by atoms with van der Waals surface area (Å²) < 4.78 is 11.5. The van der Waals surface area contributed by atoms with Gasteiger partial charge in [0.05, 0.1) is 19.1 Å². The standard InChI is InChI=1S/C45H89NO5/c1-5-8-11-14-17-25-32-41-50-44(48)36-29-21-18-23-30-37-46(39-40-47)38-31-24-22-26-33-42(4)45(49)51-43(34-27-19-15-12-9-6-2)35-28-20-16-13-10-7-3/h42-43,47H,5-41H2,1-4H3. The van der Waals surface area contributed by atoms with E-state index in [1.54, 1.807) is 0 Å². The molecule has 0 saturated carbocycles. The summed E-state index contributed by atoms with van der Waals surface area (Å²) >= 11 is 0. The van der Waals surface area contributed by atoms with Crippen molar-refractivity contribution >= 4 is 11.9 Å². The highest BCUT2D eigenvalue weighted by Crippen LogP contribution is 2.20. The van der Waals surface area contributed by atoms with Crippen LogP contribution in [0.5, 0.6) is 0 Å². The lowest BCUT2D eigenvalue weighted by atomic mass is 10.0. The lowest BCUT2D eigenvalue weighted by molar-refractivity contribution is -0.154. The van der Waals surface area contributed by atoms with Crippen LogP contribution in [0.25, 0.3) is 0 Å². The van der Waals surface area contributed by atoms with E-state index in [-0.39, 0.29) is 30.6 Å². The quantitative estimate of drug-likeness (QED) is 0.0500. The predicted molar refractivity (Wildman–Crippen MR) is 218 cm³/mol. The van der Waals surface area contributed by atoms with Crippen LogP contribution >= 0.6 is 0 Å². The van der Waals surface area contributed by atoms with Crippen molar-refractivity contribution < 1.29 is 24.2 Å². The van der Waals surface area contributed by atoms with Crippen LogP contribution in [0.2, 0.25) is 0 Å². The fourth-order valence-electron chi connectivity index (χ4n) is 7.03. The molecule has 0 aliphatic rings. The topological polar surface area (TPSA) is 76.1 Å². The van der Waals surface area contributed by atoms with Gasteiger partial charge in [0.15, 0.2) is 0 Å². The Morgan fingerprint density at radius 3 is 1.41 bits per heavy atom. The minimum atomic E-state index is -0.0317. The van der Waals surface area contributed by atoms with E-state index in [9.17, 15) is 14.7 Å². The Kier molecular flexibility index (Phi) is 39.2. The highest BCUT2D eigenvalue weighted by atomic mass is 16.5. The molecule has 0 heterocycles. The smallest absolute Gasteiger partial charge is 0.308 e. The fourth-order valence-corrected chi connectivity index (χ4v) is 7.03. The maximum absolute atomic E-state index is 13.0. The molecule has 0 aliphatic carbocycles. The van der Waals surface area contributed by atoms with Crippen LogP contribution < -0.4 is 0 Å². The van der Waals surface area contributed by atoms with Gasteiger partial charge in [-0.3, -0.25) is 9.59 Å². The SMILES string of the molecule is CCCCCCCCCOC(=O)CCCCCCCN(CCO)CCCCCCC(C)C(=O)OC(CCCCCCCC)CCCCCCCC. The monoisotopic (exact) mass is 724 g/mol. The third kappa shape index (κ3) is 35.6. The summed E-state index contributed by atoms with van der Waals surface area (Å²) in [6, 6.07) is 0. The molecular weight excluding hydrogens is 634 g/mol. The first-order valence-corrected chi connectivity index (χ1v) is 22.7. The van der Waals surface area contributed by atoms with Crippen LogP contribution in [0.4, 0.5) is 0 Å². The summed E-state index contributed by atoms with van der Waals surface area (Å²) in [7, 11) is 0. The number of esters is 2. The summed E-state index contributed by atoms with van der Waals surface area (Å²) in [6.07, 6.45) is 37.6. The zero-order valence-electron chi connectivity index (χ0n) is 34.8. The summed E-state index contributed by atoms with van der Waals surface area (Å²) in [5, 5.41) is 9.57. The number of rotatable bonds is 41. The molecule has 0 saturated heterocycles. The minimum absolute atomic E-state index is 0.0184. The van der Waals surface area contributed by atoms with Crippen LogP contribution in [0.1, 0.15) is 233 Å². The second kappa shape index (κ2) is 40.1. The van der Waals surface area contributed by atoms with Gasteiger partial charge in [-0.05, 0) is 70.9 Å². The molecule has 0 aromatic rings. The number of aliphatic hydroxyl groups is 1. The average molecular weight is 724 g/mol. The zero-order chi connectivity index (χ0) is 37.5.